The third-order valence-electron chi connectivity index (χ3n) is 16.1. The van der Waals surface area contributed by atoms with Crippen molar-refractivity contribution in [1.29, 1.82) is 0 Å². The number of aromatic nitrogens is 7. The van der Waals surface area contributed by atoms with E-state index in [0.717, 1.165) is 97.0 Å². The number of nitrogens with zero attached hydrogens (tertiary/aromatic N) is 12. The fourth-order valence-electron chi connectivity index (χ4n) is 11.8. The van der Waals surface area contributed by atoms with E-state index >= 15 is 4.39 Å². The Kier molecular flexibility index (Phi) is 14.2. The minimum Gasteiger partial charge on any atom is -0.384 e. The van der Waals surface area contributed by atoms with Crippen molar-refractivity contribution in [3.8, 4) is 28.8 Å². The van der Waals surface area contributed by atoms with Crippen LogP contribution in [0.3, 0.4) is 0 Å². The predicted octanol–water partition coefficient (Wildman–Crippen LogP) is 5.76. The maximum Gasteiger partial charge on any atom is 0.264 e. The molecule has 20 nitrogen and oxygen atoms in total. The maximum atomic E-state index is 15.9. The summed E-state index contributed by atoms with van der Waals surface area (Å²) >= 11 is 0. The third kappa shape index (κ3) is 10.4. The number of imide groups is 2. The van der Waals surface area contributed by atoms with Gasteiger partial charge in [-0.1, -0.05) is 17.9 Å². The molecule has 21 heteroatoms. The number of likely N-dealkylation sites (tertiary alicyclic amines) is 1. The first kappa shape index (κ1) is 51.7. The van der Waals surface area contributed by atoms with Gasteiger partial charge < -0.3 is 25.8 Å². The molecule has 5 aromatic heterocycles. The number of benzene rings is 2. The summed E-state index contributed by atoms with van der Waals surface area (Å²) in [5.74, 6) is 6.32. The molecular formula is C59H60FN15O5. The first-order valence-electron chi connectivity index (χ1n) is 27.4. The molecule has 10 heterocycles. The average molecular weight is 1080 g/mol. The van der Waals surface area contributed by atoms with Gasteiger partial charge >= 0.3 is 0 Å². The fourth-order valence-corrected chi connectivity index (χ4v) is 11.8. The average Bonchev–Trinajstić information content (AvgIpc) is 4.17. The number of hydrogen-bond acceptors (Lipinski definition) is 15. The zero-order valence-corrected chi connectivity index (χ0v) is 44.4. The normalized spacial score (nSPS) is 18.4. The molecule has 408 valence electrons. The first-order valence-corrected chi connectivity index (χ1v) is 27.4. The van der Waals surface area contributed by atoms with Crippen LogP contribution in [-0.2, 0) is 20.9 Å². The minimum absolute atomic E-state index is 0.0312. The van der Waals surface area contributed by atoms with Crippen LogP contribution in [-0.4, -0.2) is 143 Å². The Labute approximate surface area is 461 Å². The van der Waals surface area contributed by atoms with E-state index in [-0.39, 0.29) is 47.7 Å². The van der Waals surface area contributed by atoms with Gasteiger partial charge in [0.25, 0.3) is 11.8 Å². The van der Waals surface area contributed by atoms with Crippen molar-refractivity contribution >= 4 is 63.7 Å². The molecule has 12 rings (SSSR count). The first-order chi connectivity index (χ1) is 38.9. The van der Waals surface area contributed by atoms with Gasteiger partial charge in [-0.2, -0.15) is 5.10 Å². The summed E-state index contributed by atoms with van der Waals surface area (Å²) in [4.78, 5) is 92.9. The molecule has 4 fully saturated rings. The van der Waals surface area contributed by atoms with Crippen LogP contribution in [0.1, 0.15) is 88.7 Å². The molecule has 7 aromatic rings. The number of nitrogens with one attached hydrogen (secondary N) is 2. The number of halogens is 1. The smallest absolute Gasteiger partial charge is 0.264 e. The van der Waals surface area contributed by atoms with E-state index in [0.29, 0.717) is 73.5 Å². The second-order valence-electron chi connectivity index (χ2n) is 21.1. The van der Waals surface area contributed by atoms with Gasteiger partial charge in [0.15, 0.2) is 5.65 Å². The van der Waals surface area contributed by atoms with Gasteiger partial charge in [-0.05, 0) is 99.7 Å². The number of pyridine rings is 3. The van der Waals surface area contributed by atoms with Gasteiger partial charge in [-0.3, -0.25) is 48.3 Å². The molecule has 4 N–H and O–H groups in total. The molecule has 0 radical (unpaired) electrons. The number of amides is 5. The number of carbonyl (C=O) groups is 5. The molecule has 0 saturated carbocycles. The van der Waals surface area contributed by atoms with E-state index in [9.17, 15) is 24.0 Å². The number of anilines is 4. The summed E-state index contributed by atoms with van der Waals surface area (Å²) in [6, 6.07) is 20.9. The molecule has 5 amide bonds. The lowest BCUT2D eigenvalue weighted by Gasteiger charge is -2.37. The second kappa shape index (κ2) is 22.0. The van der Waals surface area contributed by atoms with Crippen molar-refractivity contribution in [1.82, 2.24) is 54.3 Å². The van der Waals surface area contributed by atoms with E-state index in [1.807, 2.05) is 75.9 Å². The van der Waals surface area contributed by atoms with Crippen molar-refractivity contribution < 1.29 is 28.4 Å². The molecular weight excluding hydrogens is 1020 g/mol. The minimum atomic E-state index is -1.03. The lowest BCUT2D eigenvalue weighted by molar-refractivity contribution is -0.138. The van der Waals surface area contributed by atoms with Crippen LogP contribution in [0.2, 0.25) is 0 Å². The van der Waals surface area contributed by atoms with E-state index in [4.69, 9.17) is 15.7 Å². The van der Waals surface area contributed by atoms with E-state index in [1.165, 1.54) is 0 Å². The highest BCUT2D eigenvalue weighted by atomic mass is 19.1. The van der Waals surface area contributed by atoms with Crippen molar-refractivity contribution in [2.45, 2.75) is 70.5 Å². The highest BCUT2D eigenvalue weighted by molar-refractivity contribution is 6.25. The Morgan fingerprint density at radius 1 is 0.838 bits per heavy atom. The molecule has 80 heavy (non-hydrogen) atoms. The van der Waals surface area contributed by atoms with Crippen molar-refractivity contribution in [2.75, 3.05) is 79.8 Å². The number of nitrogen functional groups attached to an aromatic ring is 1. The van der Waals surface area contributed by atoms with Gasteiger partial charge in [0.2, 0.25) is 17.7 Å². The summed E-state index contributed by atoms with van der Waals surface area (Å²) in [6.07, 6.45) is 11.2. The largest absolute Gasteiger partial charge is 0.384 e. The highest BCUT2D eigenvalue weighted by Crippen LogP contribution is 2.34. The van der Waals surface area contributed by atoms with Crippen LogP contribution >= 0.6 is 0 Å². The van der Waals surface area contributed by atoms with Gasteiger partial charge in [0.05, 0.1) is 40.4 Å². The number of carbonyl (C=O) groups excluding carboxylic acids is 5. The third-order valence-corrected chi connectivity index (χ3v) is 16.1. The van der Waals surface area contributed by atoms with Crippen molar-refractivity contribution in [3.63, 3.8) is 0 Å². The summed E-state index contributed by atoms with van der Waals surface area (Å²) in [5.41, 5.74) is 12.7. The van der Waals surface area contributed by atoms with Gasteiger partial charge in [0, 0.05) is 131 Å². The summed E-state index contributed by atoms with van der Waals surface area (Å²) in [6.45, 7) is 8.91. The summed E-state index contributed by atoms with van der Waals surface area (Å²) < 4.78 is 19.7. The number of piperidine rings is 3. The number of piperazine rings is 1. The van der Waals surface area contributed by atoms with E-state index in [2.05, 4.69) is 52.2 Å². The molecule has 0 bridgehead atoms. The standard InChI is InChI=1S/C59H60FN15O5/c1-37-66-48-11-10-46(41-16-21-62-51(61)31-41)67-55(48)74(37)43-9-12-49(45(60)32-43)70-29-27-69(28-30-70)22-3-2-5-38-8-14-52(64-33-38)71-23-17-40(18-24-71)57(78)72-25-19-42(20-26-72)73-36-39(35-65-73)34-63-47-7-4-6-44-54(47)59(80)75(58(44)79)50-13-15-53(76)68-56(50)77/h4,6-12,14,16,21,31-33,35-36,40,42,50,63H,3,13,15,17-20,22-30,34H2,1H3,(H2,61,62)(H,68,76,77). The maximum absolute atomic E-state index is 15.9. The Bertz CT molecular complexity index is 3620. The topological polar surface area (TPSA) is 226 Å². The monoisotopic (exact) mass is 1080 g/mol. The SMILES string of the molecule is Cc1nc2ccc(-c3ccnc(N)c3)nc2n1-c1ccc(N2CCN(CCC#Cc3ccc(N4CCC(C(=O)N5CCC(n6cc(CNc7cccc8c7C(=O)N(C7CCC(=O)NC7=O)C8=O)cn6)CC5)CC4)nc3)CC2)c(F)c1. The van der Waals surface area contributed by atoms with Crippen LogP contribution in [0.15, 0.2) is 97.6 Å². The molecule has 5 aliphatic heterocycles. The number of imidazole rings is 1. The van der Waals surface area contributed by atoms with Crippen LogP contribution in [0, 0.1) is 30.5 Å². The zero-order valence-electron chi connectivity index (χ0n) is 44.4. The fraction of sp³-hybridized carbons (Fsp3) is 0.356. The number of hydrogen-bond donors (Lipinski definition) is 3. The van der Waals surface area contributed by atoms with E-state index < -0.39 is 29.7 Å². The summed E-state index contributed by atoms with van der Waals surface area (Å²) in [7, 11) is 0. The lowest BCUT2D eigenvalue weighted by atomic mass is 9.93. The number of aryl methyl sites for hydroxylation is 1. The predicted molar refractivity (Wildman–Crippen MR) is 298 cm³/mol. The van der Waals surface area contributed by atoms with Gasteiger partial charge in [0.1, 0.15) is 34.8 Å². The van der Waals surface area contributed by atoms with Crippen LogP contribution in [0.5, 0.6) is 0 Å². The Morgan fingerprint density at radius 3 is 2.42 bits per heavy atom. The van der Waals surface area contributed by atoms with Crippen LogP contribution in [0.25, 0.3) is 28.1 Å². The van der Waals surface area contributed by atoms with Gasteiger partial charge in [-0.25, -0.2) is 24.3 Å². The highest BCUT2D eigenvalue weighted by Gasteiger charge is 2.45. The number of nitrogens with two attached hydrogens (primary N) is 1. The Morgan fingerprint density at radius 2 is 1.66 bits per heavy atom. The molecule has 4 saturated heterocycles. The van der Waals surface area contributed by atoms with Crippen molar-refractivity contribution in [3.05, 3.63) is 131 Å². The number of rotatable bonds is 12. The summed E-state index contributed by atoms with van der Waals surface area (Å²) in [5, 5.41) is 10.2. The van der Waals surface area contributed by atoms with Crippen molar-refractivity contribution in [2.24, 2.45) is 5.92 Å². The molecule has 1 unspecified atom stereocenters. The van der Waals surface area contributed by atoms with Crippen LogP contribution < -0.4 is 26.2 Å². The van der Waals surface area contributed by atoms with E-state index in [1.54, 1.807) is 42.7 Å². The quantitative estimate of drug-likeness (QED) is 0.0977. The lowest BCUT2D eigenvalue weighted by Crippen LogP contribution is -2.54. The Hall–Kier alpha value is -9.03. The zero-order chi connectivity index (χ0) is 55.0. The molecule has 1 atom stereocenters. The Balaban J connectivity index is 0.561. The van der Waals surface area contributed by atoms with Gasteiger partial charge in [-0.15, -0.1) is 0 Å². The molecule has 2 aromatic carbocycles. The molecule has 0 aliphatic carbocycles. The number of fused-ring (bicyclic) bond motifs is 2. The van der Waals surface area contributed by atoms with Crippen LogP contribution in [0.4, 0.5) is 27.4 Å². The molecule has 0 spiro atoms. The molecule has 5 aliphatic rings. The second-order valence-corrected chi connectivity index (χ2v) is 21.1.